The Kier molecular flexibility index (Phi) is 4.15. The fourth-order valence-electron chi connectivity index (χ4n) is 2.34. The molecule has 1 saturated heterocycles. The molecule has 0 bridgehead atoms. The van der Waals surface area contributed by atoms with E-state index in [1.165, 1.54) is 22.5 Å². The summed E-state index contributed by atoms with van der Waals surface area (Å²) in [6.07, 6.45) is 1.07. The first-order valence-corrected chi connectivity index (χ1v) is 9.36. The van der Waals surface area contributed by atoms with Crippen LogP contribution in [-0.2, 0) is 20.0 Å². The quantitative estimate of drug-likeness (QED) is 0.798. The normalized spacial score (nSPS) is 24.9. The van der Waals surface area contributed by atoms with E-state index in [-0.39, 0.29) is 22.9 Å². The van der Waals surface area contributed by atoms with Crippen LogP contribution in [0.1, 0.15) is 19.8 Å². The minimum absolute atomic E-state index is 0.0189. The van der Waals surface area contributed by atoms with E-state index in [2.05, 4.69) is 0 Å². The highest BCUT2D eigenvalue weighted by atomic mass is 32.2. The van der Waals surface area contributed by atoms with Crippen molar-refractivity contribution in [1.82, 2.24) is 4.31 Å². The average Bonchev–Trinajstić information content (AvgIpc) is 2.36. The van der Waals surface area contributed by atoms with Gasteiger partial charge in [-0.3, -0.25) is 0 Å². The second kappa shape index (κ2) is 5.33. The van der Waals surface area contributed by atoms with E-state index in [4.69, 9.17) is 5.14 Å². The van der Waals surface area contributed by atoms with Crippen molar-refractivity contribution < 1.29 is 21.9 Å². The molecule has 2 rings (SSSR count). The van der Waals surface area contributed by atoms with Gasteiger partial charge in [-0.1, -0.05) is 6.07 Å². The predicted molar refractivity (Wildman–Crippen MR) is 76.4 cm³/mol. The SMILES string of the molecule is CC1(O)CCCN(S(=O)(=O)c2cccc(S(N)(=O)=O)c2)C1. The molecule has 1 unspecified atom stereocenters. The molecule has 1 aliphatic heterocycles. The van der Waals surface area contributed by atoms with Gasteiger partial charge in [-0.2, -0.15) is 4.31 Å². The molecular formula is C12H18N2O5S2. The molecule has 0 aromatic heterocycles. The number of β-amino-alcohol motifs (C(OH)–C–C–N with tert-alkyl or cyclic N) is 1. The summed E-state index contributed by atoms with van der Waals surface area (Å²) < 4.78 is 48.9. The zero-order chi connectivity index (χ0) is 15.9. The smallest absolute Gasteiger partial charge is 0.243 e. The molecule has 1 aromatic rings. The third-order valence-electron chi connectivity index (χ3n) is 3.41. The number of sulfonamides is 2. The molecule has 9 heteroatoms. The molecule has 3 N–H and O–H groups in total. The zero-order valence-electron chi connectivity index (χ0n) is 11.6. The van der Waals surface area contributed by atoms with Gasteiger partial charge in [0.15, 0.2) is 0 Å². The molecule has 0 spiro atoms. The minimum Gasteiger partial charge on any atom is -0.389 e. The predicted octanol–water partition coefficient (Wildman–Crippen LogP) is -0.130. The van der Waals surface area contributed by atoms with Crippen LogP contribution in [-0.4, -0.2) is 44.9 Å². The number of piperidine rings is 1. The minimum atomic E-state index is -3.97. The number of hydrogen-bond acceptors (Lipinski definition) is 5. The van der Waals surface area contributed by atoms with Gasteiger partial charge in [-0.15, -0.1) is 0 Å². The van der Waals surface area contributed by atoms with E-state index in [0.29, 0.717) is 12.8 Å². The molecule has 1 aromatic carbocycles. The zero-order valence-corrected chi connectivity index (χ0v) is 13.2. The molecule has 1 fully saturated rings. The maximum absolute atomic E-state index is 12.5. The second-order valence-electron chi connectivity index (χ2n) is 5.46. The summed E-state index contributed by atoms with van der Waals surface area (Å²) in [5, 5.41) is 15.0. The lowest BCUT2D eigenvalue weighted by Crippen LogP contribution is -2.48. The number of hydrogen-bond donors (Lipinski definition) is 2. The van der Waals surface area contributed by atoms with Crippen molar-refractivity contribution in [1.29, 1.82) is 0 Å². The molecular weight excluding hydrogens is 316 g/mol. The Hall–Kier alpha value is -1.00. The fraction of sp³-hybridized carbons (Fsp3) is 0.500. The standard InChI is InChI=1S/C12H18N2O5S2/c1-12(15)6-3-7-14(9-12)21(18,19)11-5-2-4-10(8-11)20(13,16)17/h2,4-5,8,15H,3,6-7,9H2,1H3,(H2,13,16,17). The number of aliphatic hydroxyl groups is 1. The monoisotopic (exact) mass is 334 g/mol. The van der Waals surface area contributed by atoms with Gasteiger partial charge in [-0.25, -0.2) is 22.0 Å². The van der Waals surface area contributed by atoms with Gasteiger partial charge in [0, 0.05) is 13.1 Å². The molecule has 1 heterocycles. The average molecular weight is 334 g/mol. The molecule has 1 atom stereocenters. The number of benzene rings is 1. The van der Waals surface area contributed by atoms with E-state index >= 15 is 0 Å². The van der Waals surface area contributed by atoms with Crippen molar-refractivity contribution in [3.05, 3.63) is 24.3 Å². The third kappa shape index (κ3) is 3.61. The van der Waals surface area contributed by atoms with Crippen LogP contribution in [0, 0.1) is 0 Å². The van der Waals surface area contributed by atoms with Gasteiger partial charge >= 0.3 is 0 Å². The molecule has 21 heavy (non-hydrogen) atoms. The number of primary sulfonamides is 1. The molecule has 0 radical (unpaired) electrons. The van der Waals surface area contributed by atoms with E-state index in [0.717, 1.165) is 6.07 Å². The summed E-state index contributed by atoms with van der Waals surface area (Å²) in [6, 6.07) is 4.91. The number of nitrogens with two attached hydrogens (primary N) is 1. The molecule has 7 nitrogen and oxygen atoms in total. The molecule has 0 saturated carbocycles. The van der Waals surface area contributed by atoms with Crippen molar-refractivity contribution in [3.8, 4) is 0 Å². The van der Waals surface area contributed by atoms with Gasteiger partial charge < -0.3 is 5.11 Å². The first-order chi connectivity index (χ1) is 9.52. The van der Waals surface area contributed by atoms with Crippen molar-refractivity contribution in [3.63, 3.8) is 0 Å². The van der Waals surface area contributed by atoms with Crippen LogP contribution in [0.2, 0.25) is 0 Å². The summed E-state index contributed by atoms with van der Waals surface area (Å²) in [5.41, 5.74) is -1.08. The Morgan fingerprint density at radius 1 is 1.24 bits per heavy atom. The van der Waals surface area contributed by atoms with Gasteiger partial charge in [0.05, 0.1) is 15.4 Å². The van der Waals surface area contributed by atoms with Gasteiger partial charge in [0.25, 0.3) is 0 Å². The first-order valence-electron chi connectivity index (χ1n) is 6.38. The Balaban J connectivity index is 2.41. The van der Waals surface area contributed by atoms with E-state index < -0.39 is 25.6 Å². The highest BCUT2D eigenvalue weighted by Gasteiger charge is 2.35. The van der Waals surface area contributed by atoms with Crippen molar-refractivity contribution in [2.75, 3.05) is 13.1 Å². The van der Waals surface area contributed by atoms with Crippen LogP contribution >= 0.6 is 0 Å². The summed E-state index contributed by atoms with van der Waals surface area (Å²) in [7, 11) is -7.83. The lowest BCUT2D eigenvalue weighted by Gasteiger charge is -2.35. The van der Waals surface area contributed by atoms with Crippen LogP contribution in [0.25, 0.3) is 0 Å². The van der Waals surface area contributed by atoms with E-state index in [1.807, 2.05) is 0 Å². The van der Waals surface area contributed by atoms with Gasteiger partial charge in [0.1, 0.15) is 0 Å². The van der Waals surface area contributed by atoms with Crippen LogP contribution < -0.4 is 5.14 Å². The largest absolute Gasteiger partial charge is 0.389 e. The lowest BCUT2D eigenvalue weighted by atomic mass is 9.97. The van der Waals surface area contributed by atoms with Crippen LogP contribution in [0.5, 0.6) is 0 Å². The molecule has 0 aliphatic carbocycles. The summed E-state index contributed by atoms with van der Waals surface area (Å²) in [4.78, 5) is -0.404. The van der Waals surface area contributed by atoms with Crippen LogP contribution in [0.15, 0.2) is 34.1 Å². The van der Waals surface area contributed by atoms with E-state index in [9.17, 15) is 21.9 Å². The summed E-state index contributed by atoms with van der Waals surface area (Å²) in [5.74, 6) is 0. The maximum Gasteiger partial charge on any atom is 0.243 e. The summed E-state index contributed by atoms with van der Waals surface area (Å²) in [6.45, 7) is 1.85. The maximum atomic E-state index is 12.5. The van der Waals surface area contributed by atoms with Crippen molar-refractivity contribution in [2.24, 2.45) is 5.14 Å². The highest BCUT2D eigenvalue weighted by molar-refractivity contribution is 7.90. The Morgan fingerprint density at radius 2 is 1.86 bits per heavy atom. The topological polar surface area (TPSA) is 118 Å². The van der Waals surface area contributed by atoms with Crippen LogP contribution in [0.4, 0.5) is 0 Å². The van der Waals surface area contributed by atoms with Gasteiger partial charge in [-0.05, 0) is 38.0 Å². The number of nitrogens with zero attached hydrogens (tertiary/aromatic N) is 1. The molecule has 0 amide bonds. The Labute approximate surface area is 124 Å². The number of rotatable bonds is 3. The first kappa shape index (κ1) is 16.4. The molecule has 118 valence electrons. The van der Waals surface area contributed by atoms with Gasteiger partial charge in [0.2, 0.25) is 20.0 Å². The summed E-state index contributed by atoms with van der Waals surface area (Å²) >= 11 is 0. The lowest BCUT2D eigenvalue weighted by molar-refractivity contribution is 0.00939. The van der Waals surface area contributed by atoms with Crippen molar-refractivity contribution in [2.45, 2.75) is 35.2 Å². The third-order valence-corrected chi connectivity index (χ3v) is 6.16. The second-order valence-corrected chi connectivity index (χ2v) is 8.96. The Morgan fingerprint density at radius 3 is 2.43 bits per heavy atom. The van der Waals surface area contributed by atoms with E-state index in [1.54, 1.807) is 6.92 Å². The fourth-order valence-corrected chi connectivity index (χ4v) is 4.62. The highest BCUT2D eigenvalue weighted by Crippen LogP contribution is 2.26. The Bertz CT molecular complexity index is 741. The van der Waals surface area contributed by atoms with Crippen LogP contribution in [0.3, 0.4) is 0 Å². The van der Waals surface area contributed by atoms with Crippen molar-refractivity contribution >= 4 is 20.0 Å². The molecule has 1 aliphatic rings.